The van der Waals surface area contributed by atoms with Crippen LogP contribution in [-0.4, -0.2) is 20.4 Å². The molecule has 2 aromatic rings. The molecule has 0 saturated heterocycles. The van der Waals surface area contributed by atoms with Crippen LogP contribution < -0.4 is 0 Å². The highest BCUT2D eigenvalue weighted by Crippen LogP contribution is 2.23. The van der Waals surface area contributed by atoms with Crippen LogP contribution in [0, 0.1) is 0 Å². The van der Waals surface area contributed by atoms with Crippen molar-refractivity contribution in [2.45, 2.75) is 0 Å². The van der Waals surface area contributed by atoms with E-state index in [2.05, 4.69) is 36.3 Å². The first-order chi connectivity index (χ1) is 5.36. The fourth-order valence-corrected chi connectivity index (χ4v) is 1.77. The quantitative estimate of drug-likeness (QED) is 0.812. The number of aromatic amines is 1. The minimum absolute atomic E-state index is 0.780. The van der Waals surface area contributed by atoms with Crippen molar-refractivity contribution in [3.8, 4) is 10.7 Å². The lowest BCUT2D eigenvalue weighted by Gasteiger charge is -1.82. The lowest BCUT2D eigenvalue weighted by atomic mass is 10.5. The molecule has 0 atom stereocenters. The molecule has 0 spiro atoms. The van der Waals surface area contributed by atoms with Gasteiger partial charge in [-0.25, -0.2) is 0 Å². The van der Waals surface area contributed by atoms with Gasteiger partial charge in [0.1, 0.15) is 0 Å². The Labute approximate surface area is 74.8 Å². The highest BCUT2D eigenvalue weighted by molar-refractivity contribution is 9.11. The summed E-state index contributed by atoms with van der Waals surface area (Å²) >= 11 is 4.70. The lowest BCUT2D eigenvalue weighted by molar-refractivity contribution is 1.05. The summed E-state index contributed by atoms with van der Waals surface area (Å²) < 4.78 is 0.780. The molecule has 0 amide bonds. The number of aromatic nitrogens is 4. The van der Waals surface area contributed by atoms with Gasteiger partial charge in [-0.2, -0.15) is 5.10 Å². The predicted octanol–water partition coefficient (Wildman–Crippen LogP) is 1.69. The summed E-state index contributed by atoms with van der Waals surface area (Å²) in [5.41, 5.74) is 0.896. The lowest BCUT2D eigenvalue weighted by Crippen LogP contribution is -1.75. The third-order valence-corrected chi connectivity index (χ3v) is 2.52. The molecule has 0 aromatic carbocycles. The van der Waals surface area contributed by atoms with Crippen LogP contribution in [0.4, 0.5) is 0 Å². The van der Waals surface area contributed by atoms with Gasteiger partial charge in [-0.3, -0.25) is 5.10 Å². The van der Waals surface area contributed by atoms with Crippen LogP contribution >= 0.6 is 27.3 Å². The van der Waals surface area contributed by atoms with Crippen molar-refractivity contribution >= 4 is 27.3 Å². The Morgan fingerprint density at radius 3 is 2.91 bits per heavy atom. The molecule has 6 heteroatoms. The topological polar surface area (TPSA) is 54.5 Å². The smallest absolute Gasteiger partial charge is 0.183 e. The highest BCUT2D eigenvalue weighted by Gasteiger charge is 2.04. The van der Waals surface area contributed by atoms with Crippen LogP contribution in [0.15, 0.2) is 16.2 Å². The molecule has 0 unspecified atom stereocenters. The third kappa shape index (κ3) is 1.31. The Kier molecular flexibility index (Phi) is 1.71. The van der Waals surface area contributed by atoms with Crippen molar-refractivity contribution in [3.63, 3.8) is 0 Å². The molecular weight excluding hydrogens is 228 g/mol. The van der Waals surface area contributed by atoms with E-state index in [1.807, 2.05) is 6.07 Å². The Balaban J connectivity index is 2.45. The van der Waals surface area contributed by atoms with Crippen molar-refractivity contribution in [1.82, 2.24) is 20.4 Å². The second kappa shape index (κ2) is 2.71. The van der Waals surface area contributed by atoms with Gasteiger partial charge in [0, 0.05) is 6.20 Å². The van der Waals surface area contributed by atoms with E-state index in [1.54, 1.807) is 6.20 Å². The Bertz CT molecular complexity index is 341. The summed E-state index contributed by atoms with van der Waals surface area (Å²) in [7, 11) is 0. The average Bonchev–Trinajstić information content (AvgIpc) is 2.55. The van der Waals surface area contributed by atoms with Crippen LogP contribution in [0.1, 0.15) is 0 Å². The molecule has 0 radical (unpaired) electrons. The first-order valence-electron chi connectivity index (χ1n) is 2.85. The van der Waals surface area contributed by atoms with Gasteiger partial charge in [0.25, 0.3) is 0 Å². The molecule has 2 rings (SSSR count). The van der Waals surface area contributed by atoms with Gasteiger partial charge in [0.05, 0.1) is 5.69 Å². The minimum atomic E-state index is 0.780. The van der Waals surface area contributed by atoms with E-state index in [0.29, 0.717) is 0 Å². The van der Waals surface area contributed by atoms with Crippen molar-refractivity contribution in [2.75, 3.05) is 0 Å². The Hall–Kier alpha value is -0.750. The summed E-state index contributed by atoms with van der Waals surface area (Å²) in [4.78, 5) is 0. The summed E-state index contributed by atoms with van der Waals surface area (Å²) in [5.74, 6) is 0. The number of H-pyrrole nitrogens is 1. The molecule has 2 aromatic heterocycles. The molecular formula is C5H3BrN4S. The van der Waals surface area contributed by atoms with Crippen LogP contribution in [0.5, 0.6) is 0 Å². The minimum Gasteiger partial charge on any atom is -0.275 e. The number of rotatable bonds is 1. The second-order valence-electron chi connectivity index (χ2n) is 1.83. The van der Waals surface area contributed by atoms with E-state index < -0.39 is 0 Å². The summed E-state index contributed by atoms with van der Waals surface area (Å²) in [6.07, 6.45) is 1.69. The zero-order valence-corrected chi connectivity index (χ0v) is 7.69. The number of hydrogen-bond donors (Lipinski definition) is 1. The second-order valence-corrected chi connectivity index (χ2v) is 4.08. The van der Waals surface area contributed by atoms with Crippen LogP contribution in [-0.2, 0) is 0 Å². The van der Waals surface area contributed by atoms with E-state index in [-0.39, 0.29) is 0 Å². The highest BCUT2D eigenvalue weighted by atomic mass is 79.9. The van der Waals surface area contributed by atoms with Crippen LogP contribution in [0.3, 0.4) is 0 Å². The van der Waals surface area contributed by atoms with Crippen molar-refractivity contribution < 1.29 is 0 Å². The first-order valence-corrected chi connectivity index (χ1v) is 4.46. The maximum atomic E-state index is 3.91. The summed E-state index contributed by atoms with van der Waals surface area (Å²) in [5, 5.41) is 15.2. The predicted molar refractivity (Wildman–Crippen MR) is 45.2 cm³/mol. The van der Waals surface area contributed by atoms with E-state index >= 15 is 0 Å². The maximum absolute atomic E-state index is 3.91. The molecule has 0 bridgehead atoms. The van der Waals surface area contributed by atoms with E-state index in [9.17, 15) is 0 Å². The number of nitrogens with one attached hydrogen (secondary N) is 1. The van der Waals surface area contributed by atoms with Gasteiger partial charge in [-0.05, 0) is 22.0 Å². The molecule has 0 saturated carbocycles. The zero-order chi connectivity index (χ0) is 7.68. The number of nitrogens with zero attached hydrogens (tertiary/aromatic N) is 3. The fraction of sp³-hybridized carbons (Fsp3) is 0. The molecule has 56 valence electrons. The molecule has 4 nitrogen and oxygen atoms in total. The summed E-state index contributed by atoms with van der Waals surface area (Å²) in [6.45, 7) is 0. The van der Waals surface area contributed by atoms with Crippen LogP contribution in [0.2, 0.25) is 0 Å². The molecule has 0 aliphatic carbocycles. The fourth-order valence-electron chi connectivity index (χ4n) is 0.689. The largest absolute Gasteiger partial charge is 0.275 e. The van der Waals surface area contributed by atoms with E-state index in [1.165, 1.54) is 11.3 Å². The van der Waals surface area contributed by atoms with Gasteiger partial charge in [0.2, 0.25) is 0 Å². The normalized spacial score (nSPS) is 10.3. The van der Waals surface area contributed by atoms with Gasteiger partial charge >= 0.3 is 0 Å². The van der Waals surface area contributed by atoms with Gasteiger partial charge < -0.3 is 0 Å². The molecule has 0 fully saturated rings. The zero-order valence-electron chi connectivity index (χ0n) is 5.28. The molecule has 0 aliphatic rings. The number of halogens is 1. The van der Waals surface area contributed by atoms with E-state index in [4.69, 9.17) is 0 Å². The van der Waals surface area contributed by atoms with Gasteiger partial charge in [0.15, 0.2) is 8.92 Å². The van der Waals surface area contributed by atoms with Crippen molar-refractivity contribution in [3.05, 3.63) is 16.2 Å². The van der Waals surface area contributed by atoms with Crippen LogP contribution in [0.25, 0.3) is 10.7 Å². The monoisotopic (exact) mass is 230 g/mol. The van der Waals surface area contributed by atoms with Crippen molar-refractivity contribution in [1.29, 1.82) is 0 Å². The van der Waals surface area contributed by atoms with E-state index in [0.717, 1.165) is 14.6 Å². The maximum Gasteiger partial charge on any atom is 0.183 e. The summed E-state index contributed by atoms with van der Waals surface area (Å²) in [6, 6.07) is 1.85. The molecule has 11 heavy (non-hydrogen) atoms. The number of hydrogen-bond acceptors (Lipinski definition) is 4. The first kappa shape index (κ1) is 6.93. The van der Waals surface area contributed by atoms with Crippen molar-refractivity contribution in [2.24, 2.45) is 0 Å². The van der Waals surface area contributed by atoms with Gasteiger partial charge in [-0.15, -0.1) is 10.2 Å². The Morgan fingerprint density at radius 1 is 1.45 bits per heavy atom. The Morgan fingerprint density at radius 2 is 2.36 bits per heavy atom. The van der Waals surface area contributed by atoms with Gasteiger partial charge in [-0.1, -0.05) is 11.3 Å². The molecule has 0 aliphatic heterocycles. The standard InChI is InChI=1S/C5H3BrN4S/c6-5-10-9-4(11-5)3-1-2-7-8-3/h1-2H,(H,7,8). The average molecular weight is 231 g/mol. The molecule has 1 N–H and O–H groups in total. The molecule has 2 heterocycles. The third-order valence-electron chi connectivity index (χ3n) is 1.13. The SMILES string of the molecule is Brc1nnc(-c2ccn[nH]2)s1.